The van der Waals surface area contributed by atoms with Gasteiger partial charge in [0, 0.05) is 7.11 Å². The van der Waals surface area contributed by atoms with Crippen LogP contribution in [0.2, 0.25) is 0 Å². The van der Waals surface area contributed by atoms with E-state index in [2.05, 4.69) is 27.7 Å². The van der Waals surface area contributed by atoms with Gasteiger partial charge in [-0.3, -0.25) is 0 Å². The molecule has 0 spiro atoms. The van der Waals surface area contributed by atoms with Crippen LogP contribution >= 0.6 is 11.3 Å². The Morgan fingerprint density at radius 2 is 2.11 bits per heavy atom. The zero-order chi connectivity index (χ0) is 13.5. The van der Waals surface area contributed by atoms with Crippen LogP contribution in [0, 0.1) is 11.3 Å². The Hall–Kier alpha value is -0.450. The fraction of sp³-hybridized carbons (Fsp3) is 0.786. The number of aliphatic hydroxyl groups excluding tert-OH is 1. The Morgan fingerprint density at radius 1 is 1.44 bits per heavy atom. The highest BCUT2D eigenvalue weighted by molar-refractivity contribution is 7.11. The summed E-state index contributed by atoms with van der Waals surface area (Å²) in [5.41, 5.74) is 1.21. The van der Waals surface area contributed by atoms with Gasteiger partial charge >= 0.3 is 0 Å². The number of methoxy groups -OCH3 is 1. The molecule has 0 amide bonds. The van der Waals surface area contributed by atoms with Crippen molar-refractivity contribution >= 4 is 11.3 Å². The molecule has 1 aliphatic rings. The SMILES string of the molecule is COC(c1nc2c(s1)C(O)CC(C)(C)C2)C(C)C. The summed E-state index contributed by atoms with van der Waals surface area (Å²) in [6.07, 6.45) is 1.45. The van der Waals surface area contributed by atoms with Gasteiger partial charge in [0.2, 0.25) is 0 Å². The number of thiazole rings is 1. The van der Waals surface area contributed by atoms with E-state index in [1.165, 1.54) is 0 Å². The smallest absolute Gasteiger partial charge is 0.122 e. The summed E-state index contributed by atoms with van der Waals surface area (Å²) < 4.78 is 5.53. The largest absolute Gasteiger partial charge is 0.387 e. The van der Waals surface area contributed by atoms with Crippen molar-refractivity contribution in [3.8, 4) is 0 Å². The van der Waals surface area contributed by atoms with Gasteiger partial charge in [-0.1, -0.05) is 27.7 Å². The van der Waals surface area contributed by atoms with Gasteiger partial charge in [-0.05, 0) is 24.2 Å². The summed E-state index contributed by atoms with van der Waals surface area (Å²) in [4.78, 5) is 5.77. The van der Waals surface area contributed by atoms with E-state index >= 15 is 0 Å². The third-order valence-corrected chi connectivity index (χ3v) is 4.80. The van der Waals surface area contributed by atoms with Crippen LogP contribution in [0.15, 0.2) is 0 Å². The van der Waals surface area contributed by atoms with Crippen LogP contribution in [0.4, 0.5) is 0 Å². The molecule has 0 saturated carbocycles. The van der Waals surface area contributed by atoms with Crippen molar-refractivity contribution in [3.63, 3.8) is 0 Å². The molecule has 2 atom stereocenters. The number of rotatable bonds is 3. The minimum absolute atomic E-state index is 0.0379. The van der Waals surface area contributed by atoms with Gasteiger partial charge in [0.1, 0.15) is 11.1 Å². The van der Waals surface area contributed by atoms with Gasteiger partial charge in [0.05, 0.1) is 16.7 Å². The number of nitrogens with zero attached hydrogens (tertiary/aromatic N) is 1. The molecule has 0 saturated heterocycles. The highest BCUT2D eigenvalue weighted by atomic mass is 32.1. The normalized spacial score (nSPS) is 24.1. The van der Waals surface area contributed by atoms with Crippen molar-refractivity contribution in [1.29, 1.82) is 0 Å². The van der Waals surface area contributed by atoms with Crippen LogP contribution in [0.25, 0.3) is 0 Å². The molecule has 1 heterocycles. The van der Waals surface area contributed by atoms with E-state index in [4.69, 9.17) is 9.72 Å². The molecule has 18 heavy (non-hydrogen) atoms. The highest BCUT2D eigenvalue weighted by Gasteiger charge is 2.35. The zero-order valence-corrected chi connectivity index (χ0v) is 12.7. The van der Waals surface area contributed by atoms with E-state index in [1.54, 1.807) is 18.4 Å². The van der Waals surface area contributed by atoms with E-state index in [9.17, 15) is 5.11 Å². The van der Waals surface area contributed by atoms with Gasteiger partial charge in [0.15, 0.2) is 0 Å². The van der Waals surface area contributed by atoms with Crippen molar-refractivity contribution in [2.75, 3.05) is 7.11 Å². The maximum atomic E-state index is 10.2. The maximum absolute atomic E-state index is 10.2. The topological polar surface area (TPSA) is 42.4 Å². The molecule has 0 aromatic carbocycles. The van der Waals surface area contributed by atoms with Crippen LogP contribution in [0.5, 0.6) is 0 Å². The number of hydrogen-bond acceptors (Lipinski definition) is 4. The molecule has 2 rings (SSSR count). The first-order valence-corrected chi connectivity index (χ1v) is 7.36. The average Bonchev–Trinajstić information content (AvgIpc) is 2.60. The lowest BCUT2D eigenvalue weighted by molar-refractivity contribution is 0.0641. The Morgan fingerprint density at radius 3 is 2.67 bits per heavy atom. The summed E-state index contributed by atoms with van der Waals surface area (Å²) in [6.45, 7) is 8.65. The number of aliphatic hydroxyl groups is 1. The Kier molecular flexibility index (Phi) is 3.81. The monoisotopic (exact) mass is 269 g/mol. The maximum Gasteiger partial charge on any atom is 0.122 e. The summed E-state index contributed by atoms with van der Waals surface area (Å²) in [7, 11) is 1.73. The molecular formula is C14H23NO2S. The van der Waals surface area contributed by atoms with E-state index in [-0.39, 0.29) is 17.6 Å². The van der Waals surface area contributed by atoms with Crippen molar-refractivity contribution in [2.24, 2.45) is 11.3 Å². The molecule has 0 aliphatic heterocycles. The van der Waals surface area contributed by atoms with Gasteiger partial charge < -0.3 is 9.84 Å². The number of fused-ring (bicyclic) bond motifs is 1. The molecule has 0 radical (unpaired) electrons. The Labute approximate surface area is 113 Å². The lowest BCUT2D eigenvalue weighted by Gasteiger charge is -2.31. The molecule has 0 bridgehead atoms. The van der Waals surface area contributed by atoms with E-state index < -0.39 is 0 Å². The molecule has 1 aromatic rings. The van der Waals surface area contributed by atoms with Gasteiger partial charge in [-0.2, -0.15) is 0 Å². The highest BCUT2D eigenvalue weighted by Crippen LogP contribution is 2.44. The van der Waals surface area contributed by atoms with Crippen LogP contribution in [-0.4, -0.2) is 17.2 Å². The second kappa shape index (κ2) is 4.91. The quantitative estimate of drug-likeness (QED) is 0.913. The first kappa shape index (κ1) is 14.0. The van der Waals surface area contributed by atoms with E-state index in [1.807, 2.05) is 0 Å². The summed E-state index contributed by atoms with van der Waals surface area (Å²) in [5, 5.41) is 11.2. The van der Waals surface area contributed by atoms with Crippen molar-refractivity contribution < 1.29 is 9.84 Å². The Balaban J connectivity index is 2.34. The minimum atomic E-state index is -0.361. The number of aromatic nitrogens is 1. The molecule has 4 heteroatoms. The zero-order valence-electron chi connectivity index (χ0n) is 11.9. The van der Waals surface area contributed by atoms with Crippen molar-refractivity contribution in [3.05, 3.63) is 15.6 Å². The van der Waals surface area contributed by atoms with Crippen LogP contribution in [-0.2, 0) is 11.2 Å². The predicted octanol–water partition coefficient (Wildman–Crippen LogP) is 3.49. The molecule has 1 aliphatic carbocycles. The standard InChI is InChI=1S/C14H23NO2S/c1-8(2)11(17-5)13-15-9-6-14(3,4)7-10(16)12(9)18-13/h8,10-11,16H,6-7H2,1-5H3. The third kappa shape index (κ3) is 2.60. The molecule has 3 nitrogen and oxygen atoms in total. The van der Waals surface area contributed by atoms with Crippen LogP contribution < -0.4 is 0 Å². The van der Waals surface area contributed by atoms with Crippen LogP contribution in [0.1, 0.15) is 61.9 Å². The number of hydrogen-bond donors (Lipinski definition) is 1. The van der Waals surface area contributed by atoms with Gasteiger partial charge in [0.25, 0.3) is 0 Å². The first-order chi connectivity index (χ1) is 8.34. The Bertz CT molecular complexity index is 425. The molecule has 0 fully saturated rings. The molecule has 1 aromatic heterocycles. The van der Waals surface area contributed by atoms with Gasteiger partial charge in [-0.15, -0.1) is 11.3 Å². The lowest BCUT2D eigenvalue weighted by Crippen LogP contribution is -2.24. The molecule has 1 N–H and O–H groups in total. The second-order valence-electron chi connectivity index (χ2n) is 6.32. The minimum Gasteiger partial charge on any atom is -0.387 e. The van der Waals surface area contributed by atoms with Crippen molar-refractivity contribution in [1.82, 2.24) is 4.98 Å². The van der Waals surface area contributed by atoms with Crippen LogP contribution in [0.3, 0.4) is 0 Å². The van der Waals surface area contributed by atoms with Crippen molar-refractivity contribution in [2.45, 2.75) is 52.7 Å². The molecule has 102 valence electrons. The molecule has 2 unspecified atom stereocenters. The molecular weight excluding hydrogens is 246 g/mol. The third-order valence-electron chi connectivity index (χ3n) is 3.54. The fourth-order valence-corrected chi connectivity index (χ4v) is 4.01. The summed E-state index contributed by atoms with van der Waals surface area (Å²) in [6, 6.07) is 0. The predicted molar refractivity (Wildman–Crippen MR) is 73.8 cm³/mol. The van der Waals surface area contributed by atoms with Gasteiger partial charge in [-0.25, -0.2) is 4.98 Å². The fourth-order valence-electron chi connectivity index (χ4n) is 2.69. The summed E-state index contributed by atoms with van der Waals surface area (Å²) in [5.74, 6) is 0.396. The average molecular weight is 269 g/mol. The summed E-state index contributed by atoms with van der Waals surface area (Å²) >= 11 is 1.62. The first-order valence-electron chi connectivity index (χ1n) is 6.54. The van der Waals surface area contributed by atoms with E-state index in [0.29, 0.717) is 5.92 Å². The second-order valence-corrected chi connectivity index (χ2v) is 7.39. The number of ether oxygens (including phenoxy) is 1. The lowest BCUT2D eigenvalue weighted by atomic mass is 9.77. The van der Waals surface area contributed by atoms with E-state index in [0.717, 1.165) is 28.4 Å².